The molecule has 2 N–H and O–H groups in total. The predicted octanol–water partition coefficient (Wildman–Crippen LogP) is 3.36. The molecule has 0 aromatic heterocycles. The van der Waals surface area contributed by atoms with Crippen LogP contribution in [-0.4, -0.2) is 35.2 Å². The van der Waals surface area contributed by atoms with Crippen molar-refractivity contribution < 1.29 is 19.4 Å². The third-order valence-corrected chi connectivity index (χ3v) is 7.80. The van der Waals surface area contributed by atoms with E-state index in [0.29, 0.717) is 25.8 Å². The molecule has 2 fully saturated rings. The second kappa shape index (κ2) is 6.91. The fourth-order valence-electron chi connectivity index (χ4n) is 6.60. The van der Waals surface area contributed by atoms with E-state index in [9.17, 15) is 14.7 Å². The lowest BCUT2D eigenvalue weighted by Gasteiger charge is -2.64. The molecular weight excluding hydrogens is 342 g/mol. The number of ether oxygens (including phenoxy) is 1. The molecule has 152 valence electrons. The molecule has 1 aliphatic heterocycles. The Balaban J connectivity index is 1.94. The van der Waals surface area contributed by atoms with Crippen molar-refractivity contribution in [2.24, 2.45) is 22.7 Å². The van der Waals surface area contributed by atoms with Gasteiger partial charge in [-0.25, -0.2) is 0 Å². The number of fused-ring (bicyclic) bond motifs is 1. The van der Waals surface area contributed by atoms with Crippen LogP contribution in [-0.2, 0) is 14.3 Å². The van der Waals surface area contributed by atoms with Gasteiger partial charge in [0, 0.05) is 30.4 Å². The molecule has 0 aromatic rings. The second-order valence-corrected chi connectivity index (χ2v) is 9.89. The number of amides is 1. The van der Waals surface area contributed by atoms with Crippen LogP contribution in [0, 0.1) is 22.7 Å². The average Bonchev–Trinajstić information content (AvgIpc) is 2.94. The summed E-state index contributed by atoms with van der Waals surface area (Å²) in [5.41, 5.74) is -0.448. The van der Waals surface area contributed by atoms with Crippen LogP contribution < -0.4 is 5.32 Å². The van der Waals surface area contributed by atoms with Crippen LogP contribution in [0.2, 0.25) is 0 Å². The number of carbonyl (C=O) groups is 2. The monoisotopic (exact) mass is 377 g/mol. The van der Waals surface area contributed by atoms with Crippen LogP contribution in [0.3, 0.4) is 0 Å². The Morgan fingerprint density at radius 3 is 2.63 bits per heavy atom. The molecule has 0 aromatic carbocycles. The van der Waals surface area contributed by atoms with Crippen LogP contribution >= 0.6 is 0 Å². The smallest absolute Gasteiger partial charge is 0.302 e. The first-order chi connectivity index (χ1) is 12.5. The van der Waals surface area contributed by atoms with E-state index in [1.165, 1.54) is 6.92 Å². The molecule has 5 unspecified atom stereocenters. The highest BCUT2D eigenvalue weighted by molar-refractivity contribution is 5.95. The van der Waals surface area contributed by atoms with E-state index >= 15 is 0 Å². The fourth-order valence-corrected chi connectivity index (χ4v) is 6.60. The van der Waals surface area contributed by atoms with E-state index in [4.69, 9.17) is 4.74 Å². The lowest BCUT2D eigenvalue weighted by molar-refractivity contribution is -0.249. The summed E-state index contributed by atoms with van der Waals surface area (Å²) in [6, 6.07) is 0. The molecular formula is C22H35NO4. The Bertz CT molecular complexity index is 655. The third kappa shape index (κ3) is 3.32. The molecule has 0 saturated heterocycles. The van der Waals surface area contributed by atoms with Gasteiger partial charge in [-0.2, -0.15) is 0 Å². The quantitative estimate of drug-likeness (QED) is 0.737. The number of nitrogens with one attached hydrogen (secondary N) is 1. The van der Waals surface area contributed by atoms with Crippen molar-refractivity contribution >= 4 is 11.9 Å². The summed E-state index contributed by atoms with van der Waals surface area (Å²) in [7, 11) is 0. The maximum Gasteiger partial charge on any atom is 0.302 e. The van der Waals surface area contributed by atoms with Gasteiger partial charge in [-0.05, 0) is 43.4 Å². The molecule has 0 radical (unpaired) electrons. The normalized spacial score (nSPS) is 40.7. The Morgan fingerprint density at radius 1 is 1.33 bits per heavy atom. The number of carbonyl (C=O) groups excluding carboxylic acids is 2. The maximum absolute atomic E-state index is 12.0. The first-order valence-electron chi connectivity index (χ1n) is 10.4. The second-order valence-electron chi connectivity index (χ2n) is 9.89. The van der Waals surface area contributed by atoms with Crippen molar-refractivity contribution in [2.45, 2.75) is 84.8 Å². The maximum atomic E-state index is 12.0. The zero-order valence-corrected chi connectivity index (χ0v) is 17.4. The summed E-state index contributed by atoms with van der Waals surface area (Å²) < 4.78 is 5.79. The lowest BCUT2D eigenvalue weighted by Crippen LogP contribution is -2.66. The molecule has 0 spiro atoms. The van der Waals surface area contributed by atoms with Crippen molar-refractivity contribution in [3.63, 3.8) is 0 Å². The molecule has 3 aliphatic rings. The van der Waals surface area contributed by atoms with Crippen molar-refractivity contribution in [1.82, 2.24) is 5.32 Å². The standard InChI is InChI=1S/C22H35NO4/c1-14-13-17(27-15(2)24)18-20(3,4)9-6-10-21(18,5)22(14,26)11-7-16-8-12-23-19(16)25/h8,14,17-18,26H,6-7,9-13H2,1-5H3,(H,23,25). The zero-order chi connectivity index (χ0) is 20.0. The highest BCUT2D eigenvalue weighted by Gasteiger charge is 2.64. The van der Waals surface area contributed by atoms with E-state index in [0.717, 1.165) is 24.8 Å². The summed E-state index contributed by atoms with van der Waals surface area (Å²) in [5, 5.41) is 14.8. The number of hydrogen-bond donors (Lipinski definition) is 2. The molecule has 1 amide bonds. The van der Waals surface area contributed by atoms with Crippen LogP contribution in [0.15, 0.2) is 11.6 Å². The molecule has 5 atom stereocenters. The van der Waals surface area contributed by atoms with Gasteiger partial charge in [-0.3, -0.25) is 9.59 Å². The molecule has 5 heteroatoms. The van der Waals surface area contributed by atoms with Crippen LogP contribution in [0.25, 0.3) is 0 Å². The molecule has 2 aliphatic carbocycles. The molecule has 3 rings (SSSR count). The molecule has 5 nitrogen and oxygen atoms in total. The SMILES string of the molecule is CC(=O)OC1CC(C)C(O)(CCC2=CCNC2=O)C2(C)CCCC(C)(C)C12. The van der Waals surface area contributed by atoms with Gasteiger partial charge in [0.05, 0.1) is 5.60 Å². The molecule has 0 bridgehead atoms. The summed E-state index contributed by atoms with van der Waals surface area (Å²) in [6.45, 7) is 10.8. The van der Waals surface area contributed by atoms with E-state index in [1.54, 1.807) is 0 Å². The first kappa shape index (κ1) is 20.4. The summed E-state index contributed by atoms with van der Waals surface area (Å²) in [4.78, 5) is 23.7. The number of aliphatic hydroxyl groups is 1. The van der Waals surface area contributed by atoms with Gasteiger partial charge in [0.25, 0.3) is 0 Å². The van der Waals surface area contributed by atoms with Gasteiger partial charge in [-0.15, -0.1) is 0 Å². The van der Waals surface area contributed by atoms with Crippen LogP contribution in [0.4, 0.5) is 0 Å². The van der Waals surface area contributed by atoms with E-state index in [2.05, 4.69) is 33.0 Å². The highest BCUT2D eigenvalue weighted by atomic mass is 16.5. The highest BCUT2D eigenvalue weighted by Crippen LogP contribution is 2.64. The van der Waals surface area contributed by atoms with Crippen LogP contribution in [0.5, 0.6) is 0 Å². The minimum atomic E-state index is -0.879. The topological polar surface area (TPSA) is 75.6 Å². The average molecular weight is 378 g/mol. The Hall–Kier alpha value is -1.36. The fraction of sp³-hybridized carbons (Fsp3) is 0.818. The van der Waals surface area contributed by atoms with Gasteiger partial charge in [0.2, 0.25) is 5.91 Å². The lowest BCUT2D eigenvalue weighted by atomic mass is 9.43. The van der Waals surface area contributed by atoms with Crippen molar-refractivity contribution in [1.29, 1.82) is 0 Å². The third-order valence-electron chi connectivity index (χ3n) is 7.80. The van der Waals surface area contributed by atoms with Gasteiger partial charge in [0.1, 0.15) is 6.10 Å². The van der Waals surface area contributed by atoms with E-state index in [1.807, 2.05) is 6.08 Å². The number of esters is 1. The van der Waals surface area contributed by atoms with Crippen molar-refractivity contribution in [3.8, 4) is 0 Å². The van der Waals surface area contributed by atoms with E-state index < -0.39 is 5.60 Å². The summed E-state index contributed by atoms with van der Waals surface area (Å²) in [5.74, 6) is -0.142. The molecule has 27 heavy (non-hydrogen) atoms. The summed E-state index contributed by atoms with van der Waals surface area (Å²) in [6.07, 6.45) is 6.67. The van der Waals surface area contributed by atoms with Crippen molar-refractivity contribution in [3.05, 3.63) is 11.6 Å². The van der Waals surface area contributed by atoms with Gasteiger partial charge >= 0.3 is 5.97 Å². The number of rotatable bonds is 4. The zero-order valence-electron chi connectivity index (χ0n) is 17.4. The van der Waals surface area contributed by atoms with Gasteiger partial charge < -0.3 is 15.2 Å². The molecule has 1 heterocycles. The number of hydrogen-bond acceptors (Lipinski definition) is 4. The first-order valence-corrected chi connectivity index (χ1v) is 10.4. The predicted molar refractivity (Wildman–Crippen MR) is 104 cm³/mol. The van der Waals surface area contributed by atoms with Gasteiger partial charge in [-0.1, -0.05) is 40.2 Å². The Kier molecular flexibility index (Phi) is 5.21. The summed E-state index contributed by atoms with van der Waals surface area (Å²) >= 11 is 0. The minimum absolute atomic E-state index is 0.00191. The van der Waals surface area contributed by atoms with Gasteiger partial charge in [0.15, 0.2) is 0 Å². The van der Waals surface area contributed by atoms with Crippen molar-refractivity contribution in [2.75, 3.05) is 6.54 Å². The van der Waals surface area contributed by atoms with E-state index in [-0.39, 0.29) is 40.6 Å². The molecule has 2 saturated carbocycles. The Labute approximate surface area is 162 Å². The Morgan fingerprint density at radius 2 is 2.04 bits per heavy atom. The van der Waals surface area contributed by atoms with Crippen LogP contribution in [0.1, 0.15) is 73.1 Å². The largest absolute Gasteiger partial charge is 0.462 e. The minimum Gasteiger partial charge on any atom is -0.462 e.